The molecule has 0 spiro atoms. The number of urea groups is 1. The SMILES string of the molecule is CCOc1cc(/C=C2/C(=O)NC(=O)N(c3ccc([N+](=O)[O-])cc3)C2=O)cc(Cl)c1OCC(=O)Nc1ccc(F)cc1. The lowest BCUT2D eigenvalue weighted by Gasteiger charge is -2.26. The molecular formula is C27H20ClFN4O8. The summed E-state index contributed by atoms with van der Waals surface area (Å²) in [5, 5.41) is 15.5. The molecule has 0 atom stereocenters. The number of amides is 5. The number of non-ortho nitro benzene ring substituents is 1. The summed E-state index contributed by atoms with van der Waals surface area (Å²) in [5.41, 5.74) is -0.0762. The number of benzene rings is 3. The van der Waals surface area contributed by atoms with Crippen LogP contribution in [0.5, 0.6) is 11.5 Å². The van der Waals surface area contributed by atoms with Gasteiger partial charge in [-0.3, -0.25) is 29.8 Å². The molecule has 41 heavy (non-hydrogen) atoms. The van der Waals surface area contributed by atoms with Crippen LogP contribution < -0.4 is 25.0 Å². The van der Waals surface area contributed by atoms with E-state index < -0.39 is 46.7 Å². The molecular weight excluding hydrogens is 563 g/mol. The standard InChI is InChI=1S/C27H20ClFN4O8/c1-2-40-22-13-15(12-21(28)24(22)41-14-23(34)30-17-5-3-16(29)4-6-17)11-20-25(35)31-27(37)32(26(20)36)18-7-9-19(10-8-18)33(38)39/h3-13H,2,14H2,1H3,(H,30,34)(H,31,35,37)/b20-11-. The highest BCUT2D eigenvalue weighted by molar-refractivity contribution is 6.39. The quantitative estimate of drug-likeness (QED) is 0.162. The molecule has 0 aromatic heterocycles. The van der Waals surface area contributed by atoms with Crippen molar-refractivity contribution in [3.05, 3.63) is 92.8 Å². The first-order valence-corrected chi connectivity index (χ1v) is 12.3. The molecule has 210 valence electrons. The maximum absolute atomic E-state index is 13.2. The van der Waals surface area contributed by atoms with Gasteiger partial charge in [-0.1, -0.05) is 11.6 Å². The normalized spacial score (nSPS) is 14.1. The number of hydrogen-bond acceptors (Lipinski definition) is 8. The van der Waals surface area contributed by atoms with E-state index in [0.29, 0.717) is 10.6 Å². The van der Waals surface area contributed by atoms with Gasteiger partial charge in [0.25, 0.3) is 23.4 Å². The van der Waals surface area contributed by atoms with Gasteiger partial charge in [-0.05, 0) is 67.1 Å². The Morgan fingerprint density at radius 1 is 1.10 bits per heavy atom. The first-order valence-electron chi connectivity index (χ1n) is 11.9. The zero-order valence-corrected chi connectivity index (χ0v) is 21.9. The largest absolute Gasteiger partial charge is 0.490 e. The molecule has 1 aliphatic rings. The van der Waals surface area contributed by atoms with Crippen molar-refractivity contribution >= 4 is 58.5 Å². The van der Waals surface area contributed by atoms with Gasteiger partial charge in [-0.15, -0.1) is 0 Å². The van der Waals surface area contributed by atoms with Gasteiger partial charge in [0.1, 0.15) is 11.4 Å². The molecule has 5 amide bonds. The van der Waals surface area contributed by atoms with Crippen LogP contribution in [0, 0.1) is 15.9 Å². The van der Waals surface area contributed by atoms with E-state index in [4.69, 9.17) is 21.1 Å². The maximum atomic E-state index is 13.2. The number of rotatable bonds is 9. The minimum absolute atomic E-state index is 0.00667. The second kappa shape index (κ2) is 12.3. The van der Waals surface area contributed by atoms with Crippen molar-refractivity contribution in [3.63, 3.8) is 0 Å². The predicted octanol–water partition coefficient (Wildman–Crippen LogP) is 4.47. The van der Waals surface area contributed by atoms with E-state index in [-0.39, 0.29) is 40.1 Å². The van der Waals surface area contributed by atoms with E-state index in [9.17, 15) is 33.7 Å². The molecule has 0 aliphatic carbocycles. The summed E-state index contributed by atoms with van der Waals surface area (Å²) in [6.45, 7) is 1.40. The van der Waals surface area contributed by atoms with E-state index >= 15 is 0 Å². The molecule has 2 N–H and O–H groups in total. The second-order valence-electron chi connectivity index (χ2n) is 8.34. The second-order valence-corrected chi connectivity index (χ2v) is 8.75. The Morgan fingerprint density at radius 2 is 1.78 bits per heavy atom. The molecule has 14 heteroatoms. The molecule has 12 nitrogen and oxygen atoms in total. The van der Waals surface area contributed by atoms with Crippen molar-refractivity contribution in [2.75, 3.05) is 23.4 Å². The fourth-order valence-electron chi connectivity index (χ4n) is 3.72. The summed E-state index contributed by atoms with van der Waals surface area (Å²) in [6, 6.07) is 11.5. The van der Waals surface area contributed by atoms with Crippen LogP contribution in [0.15, 0.2) is 66.2 Å². The number of nitro groups is 1. The number of nitrogens with zero attached hydrogens (tertiary/aromatic N) is 2. The number of imide groups is 2. The minimum atomic E-state index is -1.03. The van der Waals surface area contributed by atoms with Crippen molar-refractivity contribution in [3.8, 4) is 11.5 Å². The summed E-state index contributed by atoms with van der Waals surface area (Å²) >= 11 is 6.40. The van der Waals surface area contributed by atoms with Crippen LogP contribution in [-0.4, -0.2) is 41.9 Å². The van der Waals surface area contributed by atoms with Crippen molar-refractivity contribution < 1.29 is 38.0 Å². The predicted molar refractivity (Wildman–Crippen MR) is 145 cm³/mol. The topological polar surface area (TPSA) is 157 Å². The zero-order chi connectivity index (χ0) is 29.7. The van der Waals surface area contributed by atoms with E-state index in [0.717, 1.165) is 12.1 Å². The Labute approximate surface area is 236 Å². The van der Waals surface area contributed by atoms with Gasteiger partial charge in [0.2, 0.25) is 0 Å². The molecule has 0 radical (unpaired) electrons. The summed E-state index contributed by atoms with van der Waals surface area (Å²) in [6.07, 6.45) is 1.18. The molecule has 1 aliphatic heterocycles. The van der Waals surface area contributed by atoms with Crippen molar-refractivity contribution in [2.45, 2.75) is 6.92 Å². The summed E-state index contributed by atoms with van der Waals surface area (Å²) in [7, 11) is 0. The van der Waals surface area contributed by atoms with Crippen LogP contribution in [0.3, 0.4) is 0 Å². The third kappa shape index (κ3) is 6.65. The molecule has 0 saturated carbocycles. The third-order valence-corrected chi connectivity index (χ3v) is 5.82. The molecule has 4 rings (SSSR count). The first-order chi connectivity index (χ1) is 19.6. The Kier molecular flexibility index (Phi) is 8.58. The number of hydrogen-bond donors (Lipinski definition) is 2. The number of nitro benzene ring substituents is 1. The molecule has 1 fully saturated rings. The third-order valence-electron chi connectivity index (χ3n) is 5.54. The zero-order valence-electron chi connectivity index (χ0n) is 21.2. The Hall–Kier alpha value is -5.30. The van der Waals surface area contributed by atoms with E-state index in [2.05, 4.69) is 10.6 Å². The summed E-state index contributed by atoms with van der Waals surface area (Å²) < 4.78 is 24.2. The Balaban J connectivity index is 1.57. The first kappa shape index (κ1) is 28.7. The lowest BCUT2D eigenvalue weighted by molar-refractivity contribution is -0.384. The number of halogens is 2. The average molecular weight is 583 g/mol. The van der Waals surface area contributed by atoms with Crippen LogP contribution in [0.25, 0.3) is 6.08 Å². The minimum Gasteiger partial charge on any atom is -0.490 e. The van der Waals surface area contributed by atoms with Gasteiger partial charge in [-0.25, -0.2) is 14.1 Å². The number of nitrogens with one attached hydrogen (secondary N) is 2. The van der Waals surface area contributed by atoms with Crippen molar-refractivity contribution in [1.29, 1.82) is 0 Å². The Morgan fingerprint density at radius 3 is 2.41 bits per heavy atom. The number of carbonyl (C=O) groups excluding carboxylic acids is 4. The van der Waals surface area contributed by atoms with Gasteiger partial charge in [-0.2, -0.15) is 0 Å². The number of ether oxygens (including phenoxy) is 2. The Bertz CT molecular complexity index is 1580. The van der Waals surface area contributed by atoms with Gasteiger partial charge in [0, 0.05) is 17.8 Å². The molecule has 3 aromatic rings. The average Bonchev–Trinajstić information content (AvgIpc) is 2.92. The summed E-state index contributed by atoms with van der Waals surface area (Å²) in [5.74, 6) is -2.83. The fraction of sp³-hybridized carbons (Fsp3) is 0.111. The van der Waals surface area contributed by atoms with E-state index in [1.54, 1.807) is 6.92 Å². The monoisotopic (exact) mass is 582 g/mol. The number of barbiturate groups is 1. The van der Waals surface area contributed by atoms with Gasteiger partial charge >= 0.3 is 6.03 Å². The van der Waals surface area contributed by atoms with Gasteiger partial charge in [0.15, 0.2) is 18.1 Å². The maximum Gasteiger partial charge on any atom is 0.335 e. The fourth-order valence-corrected chi connectivity index (χ4v) is 4.00. The highest BCUT2D eigenvalue weighted by atomic mass is 35.5. The number of anilines is 2. The van der Waals surface area contributed by atoms with Crippen LogP contribution in [0.4, 0.5) is 26.2 Å². The molecule has 1 heterocycles. The molecule has 0 bridgehead atoms. The van der Waals surface area contributed by atoms with Crippen molar-refractivity contribution in [2.24, 2.45) is 0 Å². The summed E-state index contributed by atoms with van der Waals surface area (Å²) in [4.78, 5) is 61.4. The molecule has 1 saturated heterocycles. The van der Waals surface area contributed by atoms with E-state index in [1.807, 2.05) is 0 Å². The van der Waals surface area contributed by atoms with Gasteiger partial charge in [0.05, 0.1) is 22.2 Å². The van der Waals surface area contributed by atoms with Crippen LogP contribution in [0.2, 0.25) is 5.02 Å². The van der Waals surface area contributed by atoms with Crippen LogP contribution in [-0.2, 0) is 14.4 Å². The van der Waals surface area contributed by atoms with E-state index in [1.165, 1.54) is 54.6 Å². The number of carbonyl (C=O) groups is 4. The lowest BCUT2D eigenvalue weighted by atomic mass is 10.1. The van der Waals surface area contributed by atoms with Crippen LogP contribution >= 0.6 is 11.6 Å². The smallest absolute Gasteiger partial charge is 0.335 e. The lowest BCUT2D eigenvalue weighted by Crippen LogP contribution is -2.54. The highest BCUT2D eigenvalue weighted by Crippen LogP contribution is 2.37. The molecule has 0 unspecified atom stereocenters. The van der Waals surface area contributed by atoms with Crippen LogP contribution in [0.1, 0.15) is 12.5 Å². The van der Waals surface area contributed by atoms with Gasteiger partial charge < -0.3 is 14.8 Å². The molecule has 3 aromatic carbocycles. The van der Waals surface area contributed by atoms with Crippen molar-refractivity contribution in [1.82, 2.24) is 5.32 Å². The highest BCUT2D eigenvalue weighted by Gasteiger charge is 2.37.